The first kappa shape index (κ1) is 10.4. The van der Waals surface area contributed by atoms with Gasteiger partial charge in [0.05, 0.1) is 12.0 Å². The van der Waals surface area contributed by atoms with Crippen LogP contribution in [0.5, 0.6) is 0 Å². The number of carbonyl (C=O) groups is 1. The lowest BCUT2D eigenvalue weighted by Crippen LogP contribution is -2.69. The maximum absolute atomic E-state index is 11.3. The van der Waals surface area contributed by atoms with Crippen molar-refractivity contribution >= 4 is 21.9 Å². The van der Waals surface area contributed by atoms with Gasteiger partial charge >= 0.3 is 5.97 Å². The number of rotatable bonds is 2. The molecular weight excluding hydrogens is 248 g/mol. The molecule has 4 heteroatoms. The van der Waals surface area contributed by atoms with Gasteiger partial charge in [-0.15, -0.1) is 0 Å². The zero-order valence-corrected chi connectivity index (χ0v) is 9.97. The van der Waals surface area contributed by atoms with Crippen molar-refractivity contribution in [3.05, 3.63) is 0 Å². The monoisotopic (exact) mass is 262 g/mol. The number of carboxylic acid groups (broad SMARTS) is 1. The van der Waals surface area contributed by atoms with Crippen LogP contribution in [0.4, 0.5) is 0 Å². The summed E-state index contributed by atoms with van der Waals surface area (Å²) in [4.78, 5) is 11.3. The highest BCUT2D eigenvalue weighted by Crippen LogP contribution is 2.79. The molecule has 3 saturated carbocycles. The van der Waals surface area contributed by atoms with E-state index in [9.17, 15) is 15.0 Å². The first-order valence-corrected chi connectivity index (χ1v) is 5.77. The number of fused-ring (bicyclic) bond motifs is 1. The van der Waals surface area contributed by atoms with E-state index in [4.69, 9.17) is 0 Å². The van der Waals surface area contributed by atoms with Gasteiger partial charge in [-0.3, -0.25) is 4.79 Å². The summed E-state index contributed by atoms with van der Waals surface area (Å²) in [5, 5.41) is 18.8. The fraction of sp³-hybridized carbons (Fsp3) is 0.900. The van der Waals surface area contributed by atoms with Crippen molar-refractivity contribution in [2.24, 2.45) is 16.2 Å². The third kappa shape index (κ3) is 0.673. The third-order valence-electron chi connectivity index (χ3n) is 4.91. The average molecular weight is 263 g/mol. The molecule has 3 nitrogen and oxygen atoms in total. The highest BCUT2D eigenvalue weighted by Gasteiger charge is 2.82. The number of hydrogen-bond donors (Lipinski definition) is 2. The minimum absolute atomic E-state index is 0.0744. The number of aliphatic carboxylic acids is 1. The van der Waals surface area contributed by atoms with E-state index >= 15 is 0 Å². The minimum Gasteiger partial charge on any atom is -0.481 e. The number of aliphatic hydroxyl groups excluding tert-OH is 1. The molecule has 0 radical (unpaired) electrons. The van der Waals surface area contributed by atoms with Crippen LogP contribution in [0.3, 0.4) is 0 Å². The molecular formula is C10H15BrO3. The Bertz CT molecular complexity index is 302. The normalized spacial score (nSPS) is 48.7. The van der Waals surface area contributed by atoms with E-state index in [2.05, 4.69) is 15.9 Å². The molecule has 3 rings (SSSR count). The SMILES string of the molecule is CC1(C)[C@@]2(CO)CC[C@@]1(C(=O)O)[C@H]2Br. The van der Waals surface area contributed by atoms with Gasteiger partial charge < -0.3 is 10.2 Å². The number of halogens is 1. The third-order valence-corrected chi connectivity index (χ3v) is 6.57. The smallest absolute Gasteiger partial charge is 0.311 e. The molecule has 0 heterocycles. The van der Waals surface area contributed by atoms with Crippen LogP contribution < -0.4 is 0 Å². The van der Waals surface area contributed by atoms with Crippen molar-refractivity contribution in [2.45, 2.75) is 31.5 Å². The quantitative estimate of drug-likeness (QED) is 0.744. The largest absolute Gasteiger partial charge is 0.481 e. The van der Waals surface area contributed by atoms with E-state index in [1.807, 2.05) is 13.8 Å². The molecule has 0 aromatic carbocycles. The Morgan fingerprint density at radius 1 is 1.50 bits per heavy atom. The molecule has 3 atom stereocenters. The summed E-state index contributed by atoms with van der Waals surface area (Å²) in [6, 6.07) is 0. The van der Waals surface area contributed by atoms with Crippen molar-refractivity contribution in [1.82, 2.24) is 0 Å². The summed E-state index contributed by atoms with van der Waals surface area (Å²) in [6.45, 7) is 4.00. The van der Waals surface area contributed by atoms with Crippen molar-refractivity contribution < 1.29 is 15.0 Å². The summed E-state index contributed by atoms with van der Waals surface area (Å²) >= 11 is 3.46. The average Bonchev–Trinajstić information content (AvgIpc) is 2.53. The Labute approximate surface area is 91.6 Å². The molecule has 14 heavy (non-hydrogen) atoms. The van der Waals surface area contributed by atoms with Gasteiger partial charge in [-0.1, -0.05) is 29.8 Å². The Hall–Kier alpha value is -0.0900. The summed E-state index contributed by atoms with van der Waals surface area (Å²) in [5.74, 6) is -0.731. The molecule has 0 spiro atoms. The molecule has 0 aromatic heterocycles. The molecule has 3 aliphatic rings. The Balaban J connectivity index is 2.48. The predicted molar refractivity (Wildman–Crippen MR) is 55.3 cm³/mol. The summed E-state index contributed by atoms with van der Waals surface area (Å²) in [6.07, 6.45) is 1.48. The van der Waals surface area contributed by atoms with E-state index in [1.54, 1.807) is 0 Å². The molecule has 0 aliphatic heterocycles. The topological polar surface area (TPSA) is 57.5 Å². The maximum Gasteiger partial charge on any atom is 0.311 e. The zero-order valence-electron chi connectivity index (χ0n) is 8.38. The zero-order chi connectivity index (χ0) is 10.8. The van der Waals surface area contributed by atoms with Gasteiger partial charge in [0.15, 0.2) is 0 Å². The first-order chi connectivity index (χ1) is 6.37. The molecule has 0 aromatic rings. The van der Waals surface area contributed by atoms with Crippen LogP contribution in [-0.2, 0) is 4.79 Å². The number of carboxylic acids is 1. The molecule has 0 amide bonds. The van der Waals surface area contributed by atoms with Crippen molar-refractivity contribution in [3.8, 4) is 0 Å². The molecule has 80 valence electrons. The van der Waals surface area contributed by atoms with Gasteiger partial charge in [0, 0.05) is 10.2 Å². The molecule has 3 aliphatic carbocycles. The lowest BCUT2D eigenvalue weighted by molar-refractivity contribution is -0.188. The number of alkyl halides is 1. The summed E-state index contributed by atoms with van der Waals surface area (Å²) < 4.78 is 0. The molecule has 0 unspecified atom stereocenters. The van der Waals surface area contributed by atoms with Crippen LogP contribution in [0.15, 0.2) is 0 Å². The minimum atomic E-state index is -0.731. The van der Waals surface area contributed by atoms with Crippen LogP contribution in [0.2, 0.25) is 0 Å². The molecule has 0 saturated heterocycles. The van der Waals surface area contributed by atoms with Crippen LogP contribution in [0.25, 0.3) is 0 Å². The Kier molecular flexibility index (Phi) is 1.88. The van der Waals surface area contributed by atoms with Crippen molar-refractivity contribution in [1.29, 1.82) is 0 Å². The lowest BCUT2D eigenvalue weighted by Gasteiger charge is -2.63. The van der Waals surface area contributed by atoms with Crippen molar-refractivity contribution in [2.75, 3.05) is 6.61 Å². The lowest BCUT2D eigenvalue weighted by atomic mass is 9.43. The Morgan fingerprint density at radius 3 is 2.29 bits per heavy atom. The highest BCUT2D eigenvalue weighted by molar-refractivity contribution is 9.09. The fourth-order valence-electron chi connectivity index (χ4n) is 3.61. The number of aliphatic hydroxyl groups is 1. The van der Waals surface area contributed by atoms with Crippen LogP contribution in [0, 0.1) is 16.2 Å². The number of hydrogen-bond acceptors (Lipinski definition) is 2. The second kappa shape index (κ2) is 2.53. The van der Waals surface area contributed by atoms with Gasteiger partial charge in [-0.05, 0) is 18.3 Å². The Morgan fingerprint density at radius 2 is 2.07 bits per heavy atom. The molecule has 3 fully saturated rings. The fourth-order valence-corrected chi connectivity index (χ4v) is 5.55. The molecule has 2 bridgehead atoms. The van der Waals surface area contributed by atoms with Gasteiger partial charge in [0.1, 0.15) is 0 Å². The predicted octanol–water partition coefficient (Wildman–Crippen LogP) is 1.63. The highest BCUT2D eigenvalue weighted by atomic mass is 79.9. The van der Waals surface area contributed by atoms with E-state index < -0.39 is 11.4 Å². The summed E-state index contributed by atoms with van der Waals surface area (Å²) in [5.41, 5.74) is -1.21. The van der Waals surface area contributed by atoms with Gasteiger partial charge in [-0.25, -0.2) is 0 Å². The van der Waals surface area contributed by atoms with Gasteiger partial charge in [-0.2, -0.15) is 0 Å². The standard InChI is InChI=1S/C10H15BrO3/c1-8(2)9(5-12)3-4-10(8,6(9)11)7(13)14/h6,12H,3-5H2,1-2H3,(H,13,14)/t6-,9+,10-/m0/s1. The van der Waals surface area contributed by atoms with E-state index in [0.717, 1.165) is 6.42 Å². The second-order valence-corrected chi connectivity index (χ2v) is 5.99. The maximum atomic E-state index is 11.3. The van der Waals surface area contributed by atoms with Crippen LogP contribution in [0.1, 0.15) is 26.7 Å². The van der Waals surface area contributed by atoms with E-state index in [0.29, 0.717) is 6.42 Å². The van der Waals surface area contributed by atoms with Crippen LogP contribution in [-0.4, -0.2) is 27.6 Å². The van der Waals surface area contributed by atoms with Crippen LogP contribution >= 0.6 is 15.9 Å². The van der Waals surface area contributed by atoms with E-state index in [1.165, 1.54) is 0 Å². The second-order valence-electron chi connectivity index (χ2n) is 5.08. The van der Waals surface area contributed by atoms with E-state index in [-0.39, 0.29) is 22.3 Å². The first-order valence-electron chi connectivity index (χ1n) is 4.85. The van der Waals surface area contributed by atoms with Crippen molar-refractivity contribution in [3.63, 3.8) is 0 Å². The van der Waals surface area contributed by atoms with Gasteiger partial charge in [0.25, 0.3) is 0 Å². The summed E-state index contributed by atoms with van der Waals surface area (Å²) in [7, 11) is 0. The van der Waals surface area contributed by atoms with Gasteiger partial charge in [0.2, 0.25) is 0 Å². The molecule has 2 N–H and O–H groups in total.